The van der Waals surface area contributed by atoms with Gasteiger partial charge >= 0.3 is 0 Å². The molecule has 8 nitrogen and oxygen atoms in total. The van der Waals surface area contributed by atoms with Gasteiger partial charge in [0.05, 0.1) is 18.6 Å². The maximum atomic E-state index is 13.2. The average molecular weight is 615 g/mol. The molecule has 202 valence electrons. The third-order valence-corrected chi connectivity index (χ3v) is 7.10. The third kappa shape index (κ3) is 7.18. The first-order chi connectivity index (χ1) is 18.8. The summed E-state index contributed by atoms with van der Waals surface area (Å²) in [7, 11) is 1.54. The van der Waals surface area contributed by atoms with Crippen molar-refractivity contribution in [3.05, 3.63) is 87.0 Å². The van der Waals surface area contributed by atoms with Crippen LogP contribution in [0.5, 0.6) is 17.2 Å². The van der Waals surface area contributed by atoms with E-state index in [0.29, 0.717) is 39.6 Å². The van der Waals surface area contributed by atoms with E-state index in [2.05, 4.69) is 21.2 Å². The summed E-state index contributed by atoms with van der Waals surface area (Å²) in [6.45, 7) is 1.97. The zero-order valence-corrected chi connectivity index (χ0v) is 23.4. The Morgan fingerprint density at radius 2 is 1.74 bits per heavy atom. The molecule has 39 heavy (non-hydrogen) atoms. The van der Waals surface area contributed by atoms with E-state index < -0.39 is 23.6 Å². The van der Waals surface area contributed by atoms with E-state index in [4.69, 9.17) is 14.2 Å². The number of nitrogens with one attached hydrogen (secondary N) is 1. The number of ether oxygens (including phenoxy) is 3. The van der Waals surface area contributed by atoms with Crippen LogP contribution in [0, 0.1) is 5.82 Å². The number of amides is 3. The van der Waals surface area contributed by atoms with Crippen molar-refractivity contribution in [2.45, 2.75) is 13.5 Å². The minimum absolute atomic E-state index is 0.167. The molecule has 3 aromatic carbocycles. The van der Waals surface area contributed by atoms with Crippen LogP contribution in [0.4, 0.5) is 14.9 Å². The van der Waals surface area contributed by atoms with Crippen molar-refractivity contribution in [1.82, 2.24) is 4.90 Å². The number of carbonyl (C=O) groups is 3. The minimum Gasteiger partial charge on any atom is -0.497 e. The number of nitrogens with zero attached hydrogens (tertiary/aromatic N) is 1. The van der Waals surface area contributed by atoms with Gasteiger partial charge in [-0.15, -0.1) is 0 Å². The summed E-state index contributed by atoms with van der Waals surface area (Å²) in [5, 5.41) is 2.12. The highest BCUT2D eigenvalue weighted by atomic mass is 79.9. The molecule has 0 spiro atoms. The van der Waals surface area contributed by atoms with Crippen LogP contribution >= 0.6 is 27.7 Å². The van der Waals surface area contributed by atoms with E-state index in [-0.39, 0.29) is 17.3 Å². The molecule has 1 N–H and O–H groups in total. The second-order valence-corrected chi connectivity index (χ2v) is 10.1. The molecule has 1 aliphatic heterocycles. The molecule has 1 saturated heterocycles. The number of hydrogen-bond acceptors (Lipinski definition) is 7. The predicted molar refractivity (Wildman–Crippen MR) is 150 cm³/mol. The quantitative estimate of drug-likeness (QED) is 0.270. The van der Waals surface area contributed by atoms with Crippen molar-refractivity contribution in [3.63, 3.8) is 0 Å². The molecule has 0 bridgehead atoms. The van der Waals surface area contributed by atoms with Crippen LogP contribution < -0.4 is 19.5 Å². The number of thioether (sulfide) groups is 1. The molecule has 4 rings (SSSR count). The average Bonchev–Trinajstić information content (AvgIpc) is 3.18. The molecule has 11 heteroatoms. The van der Waals surface area contributed by atoms with Gasteiger partial charge in [0.1, 0.15) is 24.7 Å². The Morgan fingerprint density at radius 3 is 2.41 bits per heavy atom. The number of imide groups is 1. The Kier molecular flexibility index (Phi) is 9.26. The first kappa shape index (κ1) is 28.2. The number of halogens is 2. The summed E-state index contributed by atoms with van der Waals surface area (Å²) in [6.07, 6.45) is 1.56. The van der Waals surface area contributed by atoms with Crippen LogP contribution in [0.2, 0.25) is 0 Å². The Balaban J connectivity index is 1.47. The van der Waals surface area contributed by atoms with Crippen molar-refractivity contribution in [2.24, 2.45) is 0 Å². The van der Waals surface area contributed by atoms with Crippen molar-refractivity contribution < 1.29 is 33.0 Å². The summed E-state index contributed by atoms with van der Waals surface area (Å²) in [6, 6.07) is 16.1. The fourth-order valence-electron chi connectivity index (χ4n) is 3.58. The zero-order chi connectivity index (χ0) is 27.9. The molecule has 3 amide bonds. The van der Waals surface area contributed by atoms with Crippen molar-refractivity contribution in [1.29, 1.82) is 0 Å². The number of benzene rings is 3. The maximum Gasteiger partial charge on any atom is 0.294 e. The number of rotatable bonds is 10. The van der Waals surface area contributed by atoms with Gasteiger partial charge in [-0.3, -0.25) is 19.3 Å². The fourth-order valence-corrected chi connectivity index (χ4v) is 4.85. The lowest BCUT2D eigenvalue weighted by Gasteiger charge is -2.14. The fraction of sp³-hybridized carbons (Fsp3) is 0.179. The summed E-state index contributed by atoms with van der Waals surface area (Å²) >= 11 is 4.24. The predicted octanol–water partition coefficient (Wildman–Crippen LogP) is 6.25. The van der Waals surface area contributed by atoms with Gasteiger partial charge in [0.25, 0.3) is 11.1 Å². The molecule has 0 unspecified atom stereocenters. The molecule has 0 atom stereocenters. The SMILES string of the molecule is CCOc1cc(/C=C2/SC(=O)N(CC(=O)Nc3ccc(OC)cc3)C2=O)c(Br)cc1OCc1ccc(F)cc1. The number of carbonyl (C=O) groups excluding carboxylic acids is 3. The van der Waals surface area contributed by atoms with E-state index in [9.17, 15) is 18.8 Å². The lowest BCUT2D eigenvalue weighted by atomic mass is 10.1. The smallest absolute Gasteiger partial charge is 0.294 e. The van der Waals surface area contributed by atoms with Crippen molar-refractivity contribution >= 4 is 56.5 Å². The Hall–Kier alpha value is -3.83. The summed E-state index contributed by atoms with van der Waals surface area (Å²) in [4.78, 5) is 39.1. The van der Waals surface area contributed by atoms with Crippen LogP contribution in [0.15, 0.2) is 70.0 Å². The van der Waals surface area contributed by atoms with E-state index in [1.165, 1.54) is 19.2 Å². The van der Waals surface area contributed by atoms with Crippen LogP contribution in [0.1, 0.15) is 18.1 Å². The maximum absolute atomic E-state index is 13.2. The van der Waals surface area contributed by atoms with Crippen LogP contribution in [0.25, 0.3) is 6.08 Å². The van der Waals surface area contributed by atoms with E-state index in [1.54, 1.807) is 54.6 Å². The van der Waals surface area contributed by atoms with E-state index in [0.717, 1.165) is 22.2 Å². The van der Waals surface area contributed by atoms with Gasteiger partial charge in [0, 0.05) is 10.2 Å². The van der Waals surface area contributed by atoms with Gasteiger partial charge in [-0.25, -0.2) is 4.39 Å². The lowest BCUT2D eigenvalue weighted by molar-refractivity contribution is -0.127. The largest absolute Gasteiger partial charge is 0.497 e. The van der Waals surface area contributed by atoms with Crippen molar-refractivity contribution in [3.8, 4) is 17.2 Å². The molecule has 1 fully saturated rings. The minimum atomic E-state index is -0.573. The van der Waals surface area contributed by atoms with Gasteiger partial charge in [0.15, 0.2) is 11.5 Å². The second-order valence-electron chi connectivity index (χ2n) is 8.21. The Labute approximate surface area is 237 Å². The number of methoxy groups -OCH3 is 1. The molecule has 0 saturated carbocycles. The first-order valence-corrected chi connectivity index (χ1v) is 13.4. The van der Waals surface area contributed by atoms with Crippen LogP contribution in [-0.2, 0) is 16.2 Å². The van der Waals surface area contributed by atoms with Gasteiger partial charge in [-0.2, -0.15) is 0 Å². The standard InChI is InChI=1S/C28H24BrFN2O6S/c1-3-37-23-12-18(22(29)14-24(23)38-16-17-4-6-19(30)7-5-17)13-25-27(34)32(28(35)39-25)15-26(33)31-20-8-10-21(36-2)11-9-20/h4-14H,3,15-16H2,1-2H3,(H,31,33)/b25-13+. The van der Waals surface area contributed by atoms with Crippen molar-refractivity contribution in [2.75, 3.05) is 25.6 Å². The third-order valence-electron chi connectivity index (χ3n) is 5.51. The van der Waals surface area contributed by atoms with E-state index >= 15 is 0 Å². The molecule has 0 aromatic heterocycles. The molecule has 0 radical (unpaired) electrons. The monoisotopic (exact) mass is 614 g/mol. The molecule has 1 heterocycles. The number of hydrogen-bond donors (Lipinski definition) is 1. The summed E-state index contributed by atoms with van der Waals surface area (Å²) in [5.74, 6) is 0.113. The topological polar surface area (TPSA) is 94.2 Å². The Bertz CT molecular complexity index is 1410. The summed E-state index contributed by atoms with van der Waals surface area (Å²) < 4.78 is 30.5. The van der Waals surface area contributed by atoms with Crippen LogP contribution in [0.3, 0.4) is 0 Å². The molecule has 0 aliphatic carbocycles. The van der Waals surface area contributed by atoms with E-state index in [1.807, 2.05) is 6.92 Å². The molecule has 1 aliphatic rings. The first-order valence-electron chi connectivity index (χ1n) is 11.8. The number of anilines is 1. The van der Waals surface area contributed by atoms with Gasteiger partial charge in [-0.1, -0.05) is 28.1 Å². The van der Waals surface area contributed by atoms with Gasteiger partial charge in [-0.05, 0) is 84.4 Å². The van der Waals surface area contributed by atoms with Gasteiger partial charge in [0.2, 0.25) is 5.91 Å². The van der Waals surface area contributed by atoms with Gasteiger partial charge < -0.3 is 19.5 Å². The second kappa shape index (κ2) is 12.8. The molecular weight excluding hydrogens is 591 g/mol. The van der Waals surface area contributed by atoms with Crippen LogP contribution in [-0.4, -0.2) is 42.2 Å². The molecule has 3 aromatic rings. The summed E-state index contributed by atoms with van der Waals surface area (Å²) in [5.41, 5.74) is 1.88. The zero-order valence-electron chi connectivity index (χ0n) is 21.0. The molecular formula is C28H24BrFN2O6S. The normalized spacial score (nSPS) is 14.1. The highest BCUT2D eigenvalue weighted by molar-refractivity contribution is 9.10. The Morgan fingerprint density at radius 1 is 1.05 bits per heavy atom. The highest BCUT2D eigenvalue weighted by Gasteiger charge is 2.36. The lowest BCUT2D eigenvalue weighted by Crippen LogP contribution is -2.36. The highest BCUT2D eigenvalue weighted by Crippen LogP contribution is 2.38.